The third-order valence-corrected chi connectivity index (χ3v) is 5.29. The lowest BCUT2D eigenvalue weighted by Crippen LogP contribution is -2.49. The molecule has 0 aliphatic heterocycles. The van der Waals surface area contributed by atoms with Crippen LogP contribution < -0.4 is 5.32 Å². The molecule has 4 aliphatic carbocycles. The molecule has 3 heteroatoms. The Morgan fingerprint density at radius 2 is 1.82 bits per heavy atom. The molecule has 3 nitrogen and oxygen atoms in total. The lowest BCUT2D eigenvalue weighted by Gasteiger charge is -2.56. The van der Waals surface area contributed by atoms with E-state index in [0.29, 0.717) is 5.41 Å². The number of rotatable bonds is 3. The standard InChI is InChI=1S/C14H21N3/c1-2-16-13(15-1)17-9-14-6-10-3-11(7-14)5-12(4-10)8-14/h1-2,10-12H,3-9H2,(H2,15,16,17). The Morgan fingerprint density at radius 1 is 1.18 bits per heavy atom. The predicted molar refractivity (Wildman–Crippen MR) is 67.7 cm³/mol. The number of H-pyrrole nitrogens is 1. The molecular weight excluding hydrogens is 210 g/mol. The molecule has 1 aromatic heterocycles. The molecule has 0 aromatic carbocycles. The van der Waals surface area contributed by atoms with Gasteiger partial charge in [-0.25, -0.2) is 4.98 Å². The summed E-state index contributed by atoms with van der Waals surface area (Å²) in [5.41, 5.74) is 0.599. The van der Waals surface area contributed by atoms with Crippen LogP contribution in [-0.4, -0.2) is 16.5 Å². The molecule has 0 spiro atoms. The summed E-state index contributed by atoms with van der Waals surface area (Å²) in [6.07, 6.45) is 12.7. The van der Waals surface area contributed by atoms with Crippen molar-refractivity contribution in [2.75, 3.05) is 11.9 Å². The lowest BCUT2D eigenvalue weighted by molar-refractivity contribution is -0.0445. The summed E-state index contributed by atoms with van der Waals surface area (Å²) < 4.78 is 0. The summed E-state index contributed by atoms with van der Waals surface area (Å²) >= 11 is 0. The summed E-state index contributed by atoms with van der Waals surface area (Å²) in [5, 5.41) is 3.51. The second kappa shape index (κ2) is 3.50. The van der Waals surface area contributed by atoms with E-state index < -0.39 is 0 Å². The molecule has 0 saturated heterocycles. The predicted octanol–water partition coefficient (Wildman–Crippen LogP) is 3.04. The maximum atomic E-state index is 4.27. The number of aromatic amines is 1. The van der Waals surface area contributed by atoms with E-state index in [9.17, 15) is 0 Å². The number of hydrogen-bond acceptors (Lipinski definition) is 2. The normalized spacial score (nSPS) is 42.9. The molecule has 1 heterocycles. The molecule has 0 radical (unpaired) electrons. The van der Waals surface area contributed by atoms with E-state index in [1.807, 2.05) is 12.4 Å². The van der Waals surface area contributed by atoms with Crippen LogP contribution in [-0.2, 0) is 0 Å². The Hall–Kier alpha value is -0.990. The molecule has 2 N–H and O–H groups in total. The molecule has 4 aliphatic rings. The highest BCUT2D eigenvalue weighted by Crippen LogP contribution is 2.59. The van der Waals surface area contributed by atoms with Gasteiger partial charge in [-0.1, -0.05) is 0 Å². The molecule has 0 amide bonds. The third-order valence-electron chi connectivity index (χ3n) is 5.29. The summed E-state index contributed by atoms with van der Waals surface area (Å²) in [4.78, 5) is 7.41. The zero-order valence-corrected chi connectivity index (χ0v) is 10.3. The Balaban J connectivity index is 1.49. The molecule has 0 unspecified atom stereocenters. The van der Waals surface area contributed by atoms with Crippen LogP contribution in [0.15, 0.2) is 12.4 Å². The third kappa shape index (κ3) is 1.67. The maximum absolute atomic E-state index is 4.27. The zero-order chi connectivity index (χ0) is 11.3. The first-order valence-corrected chi connectivity index (χ1v) is 7.05. The van der Waals surface area contributed by atoms with Crippen molar-refractivity contribution in [3.8, 4) is 0 Å². The van der Waals surface area contributed by atoms with Crippen LogP contribution in [0.2, 0.25) is 0 Å². The van der Waals surface area contributed by atoms with E-state index in [1.165, 1.54) is 38.5 Å². The Labute approximate surface area is 102 Å². The molecule has 4 fully saturated rings. The fraction of sp³-hybridized carbons (Fsp3) is 0.786. The van der Waals surface area contributed by atoms with Crippen molar-refractivity contribution in [3.63, 3.8) is 0 Å². The van der Waals surface area contributed by atoms with Gasteiger partial charge in [-0.2, -0.15) is 0 Å². The highest BCUT2D eigenvalue weighted by atomic mass is 15.1. The molecule has 5 rings (SSSR count). The fourth-order valence-electron chi connectivity index (χ4n) is 5.14. The summed E-state index contributed by atoms with van der Waals surface area (Å²) in [6, 6.07) is 0. The molecule has 92 valence electrons. The SMILES string of the molecule is c1c[nH]c(NCC23CC4CC(CC(C4)C2)C3)n1. The topological polar surface area (TPSA) is 40.7 Å². The highest BCUT2D eigenvalue weighted by molar-refractivity contribution is 5.24. The van der Waals surface area contributed by atoms with Crippen LogP contribution >= 0.6 is 0 Å². The Morgan fingerprint density at radius 3 is 2.35 bits per heavy atom. The monoisotopic (exact) mass is 231 g/mol. The first-order valence-electron chi connectivity index (χ1n) is 7.05. The van der Waals surface area contributed by atoms with Gasteiger partial charge in [0.05, 0.1) is 0 Å². The Bertz CT molecular complexity index is 360. The quantitative estimate of drug-likeness (QED) is 0.839. The number of nitrogens with one attached hydrogen (secondary N) is 2. The Kier molecular flexibility index (Phi) is 2.06. The van der Waals surface area contributed by atoms with Crippen molar-refractivity contribution < 1.29 is 0 Å². The molecule has 1 aromatic rings. The first-order chi connectivity index (χ1) is 8.31. The van der Waals surface area contributed by atoms with Gasteiger partial charge in [0, 0.05) is 18.9 Å². The van der Waals surface area contributed by atoms with Crippen LogP contribution in [0.4, 0.5) is 5.95 Å². The average molecular weight is 231 g/mol. The largest absolute Gasteiger partial charge is 0.355 e. The van der Waals surface area contributed by atoms with Crippen LogP contribution in [0.5, 0.6) is 0 Å². The van der Waals surface area contributed by atoms with Crippen molar-refractivity contribution >= 4 is 5.95 Å². The van der Waals surface area contributed by atoms with Gasteiger partial charge in [0.2, 0.25) is 0 Å². The van der Waals surface area contributed by atoms with Gasteiger partial charge < -0.3 is 10.3 Å². The lowest BCUT2D eigenvalue weighted by atomic mass is 9.49. The number of aromatic nitrogens is 2. The second-order valence-electron chi connectivity index (χ2n) is 6.71. The van der Waals surface area contributed by atoms with Crippen molar-refractivity contribution in [2.45, 2.75) is 38.5 Å². The molecular formula is C14H21N3. The van der Waals surface area contributed by atoms with Gasteiger partial charge in [-0.15, -0.1) is 0 Å². The van der Waals surface area contributed by atoms with E-state index in [4.69, 9.17) is 0 Å². The number of imidazole rings is 1. The number of hydrogen-bond donors (Lipinski definition) is 2. The first kappa shape index (κ1) is 9.98. The van der Waals surface area contributed by atoms with Gasteiger partial charge in [0.15, 0.2) is 5.95 Å². The average Bonchev–Trinajstić information content (AvgIpc) is 2.77. The van der Waals surface area contributed by atoms with Crippen molar-refractivity contribution in [2.24, 2.45) is 23.2 Å². The van der Waals surface area contributed by atoms with Gasteiger partial charge in [-0.3, -0.25) is 0 Å². The second-order valence-corrected chi connectivity index (χ2v) is 6.71. The van der Waals surface area contributed by atoms with Crippen LogP contribution in [0.1, 0.15) is 38.5 Å². The van der Waals surface area contributed by atoms with E-state index in [-0.39, 0.29) is 0 Å². The maximum Gasteiger partial charge on any atom is 0.200 e. The van der Waals surface area contributed by atoms with Gasteiger partial charge >= 0.3 is 0 Å². The van der Waals surface area contributed by atoms with Crippen LogP contribution in [0.25, 0.3) is 0 Å². The minimum atomic E-state index is 0.599. The van der Waals surface area contributed by atoms with Crippen molar-refractivity contribution in [3.05, 3.63) is 12.4 Å². The molecule has 4 saturated carbocycles. The van der Waals surface area contributed by atoms with E-state index in [1.54, 1.807) is 0 Å². The van der Waals surface area contributed by atoms with E-state index >= 15 is 0 Å². The highest BCUT2D eigenvalue weighted by Gasteiger charge is 2.50. The fourth-order valence-corrected chi connectivity index (χ4v) is 5.14. The summed E-state index contributed by atoms with van der Waals surface area (Å²) in [5.74, 6) is 4.07. The van der Waals surface area contributed by atoms with Gasteiger partial charge in [0.1, 0.15) is 0 Å². The van der Waals surface area contributed by atoms with Crippen molar-refractivity contribution in [1.82, 2.24) is 9.97 Å². The molecule has 17 heavy (non-hydrogen) atoms. The summed E-state index contributed by atoms with van der Waals surface area (Å²) in [6.45, 7) is 1.13. The van der Waals surface area contributed by atoms with E-state index in [0.717, 1.165) is 30.2 Å². The number of anilines is 1. The van der Waals surface area contributed by atoms with Crippen molar-refractivity contribution in [1.29, 1.82) is 0 Å². The molecule has 4 bridgehead atoms. The van der Waals surface area contributed by atoms with Crippen LogP contribution in [0.3, 0.4) is 0 Å². The van der Waals surface area contributed by atoms with E-state index in [2.05, 4.69) is 15.3 Å². The van der Waals surface area contributed by atoms with Crippen LogP contribution in [0, 0.1) is 23.2 Å². The van der Waals surface area contributed by atoms with Gasteiger partial charge in [0.25, 0.3) is 0 Å². The molecule has 0 atom stereocenters. The minimum absolute atomic E-state index is 0.599. The minimum Gasteiger partial charge on any atom is -0.355 e. The zero-order valence-electron chi connectivity index (χ0n) is 10.3. The summed E-state index contributed by atoms with van der Waals surface area (Å²) in [7, 11) is 0. The van der Waals surface area contributed by atoms with Gasteiger partial charge in [-0.05, 0) is 61.7 Å². The smallest absolute Gasteiger partial charge is 0.200 e. The number of nitrogens with zero attached hydrogens (tertiary/aromatic N) is 1.